The lowest BCUT2D eigenvalue weighted by Gasteiger charge is -2.11. The van der Waals surface area contributed by atoms with Crippen LogP contribution in [-0.4, -0.2) is 32.4 Å². The van der Waals surface area contributed by atoms with Crippen LogP contribution >= 0.6 is 0 Å². The molecule has 0 amide bonds. The van der Waals surface area contributed by atoms with Crippen LogP contribution in [0.15, 0.2) is 65.8 Å². The van der Waals surface area contributed by atoms with Gasteiger partial charge in [-0.25, -0.2) is 8.42 Å². The monoisotopic (exact) mass is 373 g/mol. The number of nitrogens with one attached hydrogen (secondary N) is 1. The van der Waals surface area contributed by atoms with Crippen LogP contribution < -0.4 is 14.2 Å². The molecule has 0 aliphatic heterocycles. The number of benzene rings is 2. The first-order valence-electron chi connectivity index (χ1n) is 7.83. The molecule has 0 unspecified atom stereocenters. The number of sulfonamides is 1. The van der Waals surface area contributed by atoms with E-state index in [-0.39, 0.29) is 10.6 Å². The van der Waals surface area contributed by atoms with Crippen LogP contribution in [0.5, 0.6) is 11.5 Å². The van der Waals surface area contributed by atoms with Crippen molar-refractivity contribution >= 4 is 15.7 Å². The number of anilines is 1. The van der Waals surface area contributed by atoms with Crippen LogP contribution in [0.3, 0.4) is 0 Å². The summed E-state index contributed by atoms with van der Waals surface area (Å²) in [6, 6.07) is 14.3. The summed E-state index contributed by atoms with van der Waals surface area (Å²) in [6.07, 6.45) is 3.11. The van der Waals surface area contributed by atoms with Crippen molar-refractivity contribution in [2.24, 2.45) is 0 Å². The molecule has 1 aromatic heterocycles. The van der Waals surface area contributed by atoms with E-state index in [0.717, 1.165) is 5.56 Å². The Hall–Kier alpha value is -3.00. The summed E-state index contributed by atoms with van der Waals surface area (Å²) in [5.41, 5.74) is 1.45. The van der Waals surface area contributed by atoms with Gasteiger partial charge in [0.25, 0.3) is 10.0 Å². The normalized spacial score (nSPS) is 11.2. The van der Waals surface area contributed by atoms with E-state index in [4.69, 9.17) is 9.47 Å². The predicted octanol–water partition coefficient (Wildman–Crippen LogP) is 2.75. The molecule has 1 N–H and O–H groups in total. The SMILES string of the molecule is COc1ccc(S(=O)(=O)Nc2cnn(Cc3ccccc3)c2)c(OC)c1. The van der Waals surface area contributed by atoms with E-state index in [1.807, 2.05) is 30.3 Å². The van der Waals surface area contributed by atoms with Gasteiger partial charge in [0.15, 0.2) is 0 Å². The molecule has 136 valence electrons. The highest BCUT2D eigenvalue weighted by atomic mass is 32.2. The second-order valence-corrected chi connectivity index (χ2v) is 7.19. The second-order valence-electron chi connectivity index (χ2n) is 5.53. The van der Waals surface area contributed by atoms with Crippen molar-refractivity contribution < 1.29 is 17.9 Å². The van der Waals surface area contributed by atoms with Crippen molar-refractivity contribution in [3.8, 4) is 11.5 Å². The molecule has 3 rings (SSSR count). The average molecular weight is 373 g/mol. The summed E-state index contributed by atoms with van der Waals surface area (Å²) in [5.74, 6) is 0.713. The molecule has 0 spiro atoms. The number of rotatable bonds is 7. The van der Waals surface area contributed by atoms with Gasteiger partial charge in [0.05, 0.1) is 32.6 Å². The maximum absolute atomic E-state index is 12.7. The van der Waals surface area contributed by atoms with Crippen molar-refractivity contribution in [1.82, 2.24) is 9.78 Å². The first-order chi connectivity index (χ1) is 12.5. The van der Waals surface area contributed by atoms with Gasteiger partial charge in [-0.2, -0.15) is 5.10 Å². The first-order valence-corrected chi connectivity index (χ1v) is 9.31. The number of methoxy groups -OCH3 is 2. The number of hydrogen-bond donors (Lipinski definition) is 1. The van der Waals surface area contributed by atoms with E-state index >= 15 is 0 Å². The minimum atomic E-state index is -3.82. The van der Waals surface area contributed by atoms with Gasteiger partial charge in [-0.1, -0.05) is 30.3 Å². The summed E-state index contributed by atoms with van der Waals surface area (Å²) >= 11 is 0. The third-order valence-electron chi connectivity index (χ3n) is 3.73. The Kier molecular flexibility index (Phi) is 5.13. The van der Waals surface area contributed by atoms with Gasteiger partial charge >= 0.3 is 0 Å². The second kappa shape index (κ2) is 7.49. The number of ether oxygens (including phenoxy) is 2. The van der Waals surface area contributed by atoms with Crippen LogP contribution in [0.4, 0.5) is 5.69 Å². The van der Waals surface area contributed by atoms with Crippen molar-refractivity contribution in [3.63, 3.8) is 0 Å². The minimum Gasteiger partial charge on any atom is -0.497 e. The molecule has 0 saturated heterocycles. The third kappa shape index (κ3) is 3.97. The van der Waals surface area contributed by atoms with E-state index in [0.29, 0.717) is 18.0 Å². The van der Waals surface area contributed by atoms with Crippen molar-refractivity contribution in [2.45, 2.75) is 11.4 Å². The molecule has 7 nitrogen and oxygen atoms in total. The maximum Gasteiger partial charge on any atom is 0.265 e. The van der Waals surface area contributed by atoms with Gasteiger partial charge in [-0.15, -0.1) is 0 Å². The fourth-order valence-electron chi connectivity index (χ4n) is 2.48. The first kappa shape index (κ1) is 17.8. The quantitative estimate of drug-likeness (QED) is 0.689. The van der Waals surface area contributed by atoms with E-state index in [1.165, 1.54) is 32.5 Å². The Labute approximate surface area is 152 Å². The molecule has 2 aromatic carbocycles. The Bertz CT molecular complexity index is 985. The summed E-state index contributed by atoms with van der Waals surface area (Å²) in [5, 5.41) is 4.20. The lowest BCUT2D eigenvalue weighted by atomic mass is 10.2. The topological polar surface area (TPSA) is 82.5 Å². The average Bonchev–Trinajstić information content (AvgIpc) is 3.07. The number of hydrogen-bond acceptors (Lipinski definition) is 5. The molecular weight excluding hydrogens is 354 g/mol. The zero-order chi connectivity index (χ0) is 18.6. The molecule has 3 aromatic rings. The Balaban J connectivity index is 1.80. The smallest absolute Gasteiger partial charge is 0.265 e. The van der Waals surface area contributed by atoms with Gasteiger partial charge in [0, 0.05) is 12.3 Å². The summed E-state index contributed by atoms with van der Waals surface area (Å²) in [6.45, 7) is 0.550. The van der Waals surface area contributed by atoms with Crippen LogP contribution in [0.2, 0.25) is 0 Å². The lowest BCUT2D eigenvalue weighted by molar-refractivity contribution is 0.386. The summed E-state index contributed by atoms with van der Waals surface area (Å²) in [7, 11) is -0.914. The molecule has 0 bridgehead atoms. The number of nitrogens with zero attached hydrogens (tertiary/aromatic N) is 2. The molecule has 0 fully saturated rings. The largest absolute Gasteiger partial charge is 0.497 e. The molecular formula is C18H19N3O4S. The highest BCUT2D eigenvalue weighted by Gasteiger charge is 2.21. The zero-order valence-electron chi connectivity index (χ0n) is 14.4. The van der Waals surface area contributed by atoms with Gasteiger partial charge < -0.3 is 9.47 Å². The Morgan fingerprint density at radius 2 is 1.85 bits per heavy atom. The minimum absolute atomic E-state index is 0.0246. The Morgan fingerprint density at radius 3 is 2.54 bits per heavy atom. The predicted molar refractivity (Wildman–Crippen MR) is 98.1 cm³/mol. The molecule has 0 saturated carbocycles. The van der Waals surface area contributed by atoms with E-state index in [1.54, 1.807) is 16.9 Å². The highest BCUT2D eigenvalue weighted by Crippen LogP contribution is 2.29. The maximum atomic E-state index is 12.7. The van der Waals surface area contributed by atoms with Gasteiger partial charge in [0.1, 0.15) is 16.4 Å². The molecule has 0 radical (unpaired) electrons. The molecule has 8 heteroatoms. The summed E-state index contributed by atoms with van der Waals surface area (Å²) < 4.78 is 39.8. The highest BCUT2D eigenvalue weighted by molar-refractivity contribution is 7.92. The molecule has 0 aliphatic rings. The van der Waals surface area contributed by atoms with E-state index < -0.39 is 10.0 Å². The molecule has 1 heterocycles. The van der Waals surface area contributed by atoms with Gasteiger partial charge in [0.2, 0.25) is 0 Å². The van der Waals surface area contributed by atoms with Gasteiger partial charge in [-0.05, 0) is 17.7 Å². The van der Waals surface area contributed by atoms with E-state index in [9.17, 15) is 8.42 Å². The van der Waals surface area contributed by atoms with Gasteiger partial charge in [-0.3, -0.25) is 9.40 Å². The standard InChI is InChI=1S/C18H19N3O4S/c1-24-16-8-9-18(17(10-16)25-2)26(22,23)20-15-11-19-21(13-15)12-14-6-4-3-5-7-14/h3-11,13,20H,12H2,1-2H3. The molecule has 0 aliphatic carbocycles. The van der Waals surface area contributed by atoms with Crippen molar-refractivity contribution in [1.29, 1.82) is 0 Å². The fraction of sp³-hybridized carbons (Fsp3) is 0.167. The number of aromatic nitrogens is 2. The van der Waals surface area contributed by atoms with E-state index in [2.05, 4.69) is 9.82 Å². The van der Waals surface area contributed by atoms with Crippen LogP contribution in [0, 0.1) is 0 Å². The lowest BCUT2D eigenvalue weighted by Crippen LogP contribution is -2.13. The third-order valence-corrected chi connectivity index (χ3v) is 5.15. The zero-order valence-corrected chi connectivity index (χ0v) is 15.2. The Morgan fingerprint density at radius 1 is 1.08 bits per heavy atom. The summed E-state index contributed by atoms with van der Waals surface area (Å²) in [4.78, 5) is 0.0246. The molecule has 26 heavy (non-hydrogen) atoms. The van der Waals surface area contributed by atoms with Crippen molar-refractivity contribution in [2.75, 3.05) is 18.9 Å². The molecule has 0 atom stereocenters. The van der Waals surface area contributed by atoms with Crippen LogP contribution in [-0.2, 0) is 16.6 Å². The van der Waals surface area contributed by atoms with Crippen molar-refractivity contribution in [3.05, 3.63) is 66.5 Å². The van der Waals surface area contributed by atoms with Crippen LogP contribution in [0.25, 0.3) is 0 Å². The fourth-order valence-corrected chi connectivity index (χ4v) is 3.66. The van der Waals surface area contributed by atoms with Crippen LogP contribution in [0.1, 0.15) is 5.56 Å².